The molecule has 1 heterocycles. The zero-order chi connectivity index (χ0) is 37.6. The smallest absolute Gasteiger partial charge is 0.303 e. The minimum atomic E-state index is -2.08. The summed E-state index contributed by atoms with van der Waals surface area (Å²) in [4.78, 5) is 67.3. The first-order valence-electron chi connectivity index (χ1n) is 17.3. The van der Waals surface area contributed by atoms with Crippen molar-refractivity contribution in [3.63, 3.8) is 0 Å². The van der Waals surface area contributed by atoms with E-state index in [9.17, 15) is 29.1 Å². The van der Waals surface area contributed by atoms with Gasteiger partial charge in [0.25, 0.3) is 11.8 Å². The van der Waals surface area contributed by atoms with Crippen molar-refractivity contribution >= 4 is 29.6 Å². The predicted molar refractivity (Wildman–Crippen MR) is 191 cm³/mol. The molecule has 4 amide bonds. The highest BCUT2D eigenvalue weighted by Crippen LogP contribution is 2.47. The number of amides is 4. The van der Waals surface area contributed by atoms with Crippen LogP contribution in [0.1, 0.15) is 56.7 Å². The monoisotopic (exact) mass is 714 g/mol. The highest BCUT2D eigenvalue weighted by atomic mass is 16.5. The number of aliphatic hydroxyl groups is 1. The van der Waals surface area contributed by atoms with Gasteiger partial charge in [0.05, 0.1) is 20.3 Å². The molecule has 4 atom stereocenters. The maximum Gasteiger partial charge on any atom is 0.303 e. The van der Waals surface area contributed by atoms with Crippen molar-refractivity contribution in [2.24, 2.45) is 11.8 Å². The fraction of sp³-hybridized carbons (Fsp3) is 0.410. The molecule has 276 valence electrons. The Morgan fingerprint density at radius 1 is 0.923 bits per heavy atom. The molecule has 13 nitrogen and oxygen atoms in total. The van der Waals surface area contributed by atoms with E-state index >= 15 is 0 Å². The number of carbonyl (C=O) groups excluding carboxylic acids is 5. The van der Waals surface area contributed by atoms with Gasteiger partial charge in [-0.25, -0.2) is 0 Å². The van der Waals surface area contributed by atoms with Crippen LogP contribution >= 0.6 is 0 Å². The Morgan fingerprint density at radius 2 is 1.58 bits per heavy atom. The molecule has 1 saturated heterocycles. The van der Waals surface area contributed by atoms with Crippen LogP contribution in [0.5, 0.6) is 11.5 Å². The van der Waals surface area contributed by atoms with Gasteiger partial charge in [0.2, 0.25) is 11.8 Å². The number of fused-ring (bicyclic) bond motifs is 3. The fourth-order valence-electron chi connectivity index (χ4n) is 6.92. The lowest BCUT2D eigenvalue weighted by Gasteiger charge is -2.32. The van der Waals surface area contributed by atoms with Gasteiger partial charge in [0.1, 0.15) is 17.5 Å². The van der Waals surface area contributed by atoms with Crippen molar-refractivity contribution in [1.29, 1.82) is 0 Å². The molecule has 5 rings (SSSR count). The van der Waals surface area contributed by atoms with E-state index in [-0.39, 0.29) is 31.2 Å². The van der Waals surface area contributed by atoms with Gasteiger partial charge in [-0.15, -0.1) is 0 Å². The number of hydrogen-bond acceptors (Lipinski definition) is 9. The molecule has 0 saturated carbocycles. The summed E-state index contributed by atoms with van der Waals surface area (Å²) in [7, 11) is 3.00. The highest BCUT2D eigenvalue weighted by molar-refractivity contribution is 6.00. The largest absolute Gasteiger partial charge is 0.497 e. The number of benzene rings is 3. The van der Waals surface area contributed by atoms with Crippen LogP contribution < -0.4 is 30.7 Å². The average Bonchev–Trinajstić information content (AvgIpc) is 3.66. The van der Waals surface area contributed by atoms with Crippen molar-refractivity contribution < 1.29 is 43.3 Å². The van der Waals surface area contributed by atoms with Crippen LogP contribution in [0, 0.1) is 11.8 Å². The number of ether oxygens (including phenoxy) is 3. The number of methoxy groups -OCH3 is 2. The summed E-state index contributed by atoms with van der Waals surface area (Å²) in [5.74, 6) is -2.85. The molecule has 0 radical (unpaired) electrons. The predicted octanol–water partition coefficient (Wildman–Crippen LogP) is 2.71. The van der Waals surface area contributed by atoms with Gasteiger partial charge < -0.3 is 40.6 Å². The average molecular weight is 715 g/mol. The Kier molecular flexibility index (Phi) is 11.8. The first-order valence-corrected chi connectivity index (χ1v) is 17.3. The van der Waals surface area contributed by atoms with Crippen LogP contribution in [0.3, 0.4) is 0 Å². The zero-order valence-electron chi connectivity index (χ0n) is 30.0. The Balaban J connectivity index is 1.42. The molecule has 52 heavy (non-hydrogen) atoms. The second kappa shape index (κ2) is 16.3. The lowest BCUT2D eigenvalue weighted by atomic mass is 9.89. The number of rotatable bonds is 15. The highest BCUT2D eigenvalue weighted by Gasteiger charge is 2.49. The topological polar surface area (TPSA) is 181 Å². The molecule has 1 fully saturated rings. The van der Waals surface area contributed by atoms with Crippen molar-refractivity contribution in [2.75, 3.05) is 20.8 Å². The summed E-state index contributed by atoms with van der Waals surface area (Å²) >= 11 is 0. The first-order chi connectivity index (χ1) is 24.9. The molecule has 0 spiro atoms. The molecule has 1 aliphatic heterocycles. The molecule has 5 N–H and O–H groups in total. The Hall–Kier alpha value is -5.43. The van der Waals surface area contributed by atoms with Gasteiger partial charge in [-0.05, 0) is 48.4 Å². The van der Waals surface area contributed by atoms with Gasteiger partial charge >= 0.3 is 5.97 Å². The van der Waals surface area contributed by atoms with Gasteiger partial charge in [-0.2, -0.15) is 0 Å². The van der Waals surface area contributed by atoms with E-state index in [1.807, 2.05) is 38.1 Å². The van der Waals surface area contributed by atoms with Crippen LogP contribution in [-0.2, 0) is 40.9 Å². The van der Waals surface area contributed by atoms with E-state index < -0.39 is 53.4 Å². The van der Waals surface area contributed by atoms with Gasteiger partial charge in [-0.3, -0.25) is 24.0 Å². The summed E-state index contributed by atoms with van der Waals surface area (Å²) in [5.41, 5.74) is 0.732. The van der Waals surface area contributed by atoms with E-state index in [0.29, 0.717) is 52.3 Å². The zero-order valence-corrected chi connectivity index (χ0v) is 30.0. The lowest BCUT2D eigenvalue weighted by molar-refractivity contribution is -0.157. The van der Waals surface area contributed by atoms with Crippen molar-refractivity contribution in [2.45, 2.75) is 70.4 Å². The van der Waals surface area contributed by atoms with Crippen LogP contribution in [-0.4, -0.2) is 73.7 Å². The second-order valence-corrected chi connectivity index (χ2v) is 13.5. The van der Waals surface area contributed by atoms with Gasteiger partial charge in [-0.1, -0.05) is 62.4 Å². The molecular formula is C39H46N4O9. The molecule has 1 unspecified atom stereocenters. The SMILES string of the molecule is COc1ccc(CNC(=O)C(OC(C)=O)[C@H](C[C@@H]2CCNC2=O)NC(=O)[C@H](CC(C)C)NC(=O)C2(O)c3ccccc3-c3ccccc32)c(OC)c1. The standard InChI is InChI=1S/C39H46N4O9/c1-22(2)18-32(43-38(48)39(49)29-12-8-6-10-27(29)28-11-7-9-13-30(28)39)36(46)42-31(19-24-16-17-40-35(24)45)34(52-23(3)44)37(47)41-21-25-14-15-26(50-4)20-33(25)51-5/h6-15,20,22,24,31-32,34,49H,16-19,21H2,1-5H3,(H,40,45)(H,41,47)(H,42,46)(H,43,48)/t24-,31-,32-,34?/m0/s1. The summed E-state index contributed by atoms with van der Waals surface area (Å²) < 4.78 is 16.2. The van der Waals surface area contributed by atoms with E-state index in [1.165, 1.54) is 14.2 Å². The van der Waals surface area contributed by atoms with Gasteiger partial charge in [0.15, 0.2) is 11.7 Å². The third-order valence-corrected chi connectivity index (χ3v) is 9.47. The van der Waals surface area contributed by atoms with Gasteiger partial charge in [0, 0.05) is 48.7 Å². The summed E-state index contributed by atoms with van der Waals surface area (Å²) in [6, 6.07) is 16.9. The number of carbonyl (C=O) groups is 5. The van der Waals surface area contributed by atoms with Crippen LogP contribution in [0.4, 0.5) is 0 Å². The van der Waals surface area contributed by atoms with E-state index in [2.05, 4.69) is 21.3 Å². The summed E-state index contributed by atoms with van der Waals surface area (Å²) in [6.07, 6.45) is -0.940. The fourth-order valence-corrected chi connectivity index (χ4v) is 6.92. The van der Waals surface area contributed by atoms with Crippen molar-refractivity contribution in [3.05, 3.63) is 83.4 Å². The van der Waals surface area contributed by atoms with Crippen molar-refractivity contribution in [1.82, 2.24) is 21.3 Å². The summed E-state index contributed by atoms with van der Waals surface area (Å²) in [5, 5.41) is 23.3. The van der Waals surface area contributed by atoms with E-state index in [4.69, 9.17) is 14.2 Å². The third kappa shape index (κ3) is 8.04. The molecule has 0 bridgehead atoms. The lowest BCUT2D eigenvalue weighted by Crippen LogP contribution is -2.59. The summed E-state index contributed by atoms with van der Waals surface area (Å²) in [6.45, 7) is 5.31. The maximum absolute atomic E-state index is 14.2. The van der Waals surface area contributed by atoms with Crippen molar-refractivity contribution in [3.8, 4) is 22.6 Å². The van der Waals surface area contributed by atoms with E-state index in [1.54, 1.807) is 42.5 Å². The first kappa shape index (κ1) is 37.8. The molecule has 1 aliphatic carbocycles. The molecule has 13 heteroatoms. The number of hydrogen-bond donors (Lipinski definition) is 5. The Morgan fingerprint density at radius 3 is 2.13 bits per heavy atom. The maximum atomic E-state index is 14.2. The minimum Gasteiger partial charge on any atom is -0.497 e. The third-order valence-electron chi connectivity index (χ3n) is 9.47. The normalized spacial score (nSPS) is 17.1. The Labute approximate surface area is 302 Å². The molecular weight excluding hydrogens is 668 g/mol. The molecule has 3 aromatic carbocycles. The molecule has 3 aromatic rings. The number of nitrogens with one attached hydrogen (secondary N) is 4. The van der Waals surface area contributed by atoms with Crippen LogP contribution in [0.2, 0.25) is 0 Å². The van der Waals surface area contributed by atoms with Crippen LogP contribution in [0.25, 0.3) is 11.1 Å². The quantitative estimate of drug-likeness (QED) is 0.148. The second-order valence-electron chi connectivity index (χ2n) is 13.5. The minimum absolute atomic E-state index is 0.0120. The molecule has 2 aliphatic rings. The number of esters is 1. The Bertz CT molecular complexity index is 1780. The van der Waals surface area contributed by atoms with E-state index in [0.717, 1.165) is 6.92 Å². The van der Waals surface area contributed by atoms with Crippen LogP contribution in [0.15, 0.2) is 66.7 Å². The molecule has 0 aromatic heterocycles.